The summed E-state index contributed by atoms with van der Waals surface area (Å²) in [7, 11) is 0. The van der Waals surface area contributed by atoms with E-state index in [-0.39, 0.29) is 16.5 Å². The second-order valence-corrected chi connectivity index (χ2v) is 6.65. The maximum absolute atomic E-state index is 13.1. The summed E-state index contributed by atoms with van der Waals surface area (Å²) in [6.07, 6.45) is -3.14. The molecule has 0 amide bonds. The first-order valence-corrected chi connectivity index (χ1v) is 8.70. The maximum Gasteiger partial charge on any atom is 0.416 e. The van der Waals surface area contributed by atoms with Gasteiger partial charge in [-0.3, -0.25) is 4.99 Å². The van der Waals surface area contributed by atoms with E-state index in [4.69, 9.17) is 16.3 Å². The molecule has 0 radical (unpaired) electrons. The van der Waals surface area contributed by atoms with Crippen molar-refractivity contribution in [2.75, 3.05) is 31.2 Å². The molecule has 0 unspecified atom stereocenters. The molecular weight excluding hydrogens is 381 g/mol. The van der Waals surface area contributed by atoms with E-state index in [0.717, 1.165) is 17.7 Å². The molecule has 8 heteroatoms. The minimum atomic E-state index is -4.47. The first-order chi connectivity index (χ1) is 12.8. The Morgan fingerprint density at radius 3 is 2.56 bits per heavy atom. The van der Waals surface area contributed by atoms with E-state index in [1.807, 2.05) is 4.90 Å². The van der Waals surface area contributed by atoms with Crippen molar-refractivity contribution in [3.8, 4) is 5.75 Å². The van der Waals surface area contributed by atoms with Crippen molar-refractivity contribution in [1.82, 2.24) is 0 Å². The molecule has 2 aromatic rings. The third-order valence-electron chi connectivity index (χ3n) is 4.23. The monoisotopic (exact) mass is 398 g/mol. The quantitative estimate of drug-likeness (QED) is 0.743. The Morgan fingerprint density at radius 2 is 1.89 bits per heavy atom. The van der Waals surface area contributed by atoms with Crippen LogP contribution in [-0.2, 0) is 10.9 Å². The smallest absolute Gasteiger partial charge is 0.416 e. The number of benzene rings is 2. The standard InChI is InChI=1S/C19H18ClF3N2O2/c1-12-8-13(18(26)15(20)9-12)11-24-16-10-14(19(21,22)23)2-3-17(16)25-4-6-27-7-5-25/h2-3,8-11,26H,4-7H2,1H3. The van der Waals surface area contributed by atoms with Gasteiger partial charge in [-0.25, -0.2) is 0 Å². The van der Waals surface area contributed by atoms with Crippen LogP contribution in [0.3, 0.4) is 0 Å². The summed E-state index contributed by atoms with van der Waals surface area (Å²) in [4.78, 5) is 6.17. The Kier molecular flexibility index (Phi) is 5.62. The van der Waals surface area contributed by atoms with Gasteiger partial charge in [0.05, 0.1) is 35.2 Å². The molecule has 1 saturated heterocycles. The summed E-state index contributed by atoms with van der Waals surface area (Å²) < 4.78 is 44.7. The fraction of sp³-hybridized carbons (Fsp3) is 0.316. The van der Waals surface area contributed by atoms with Gasteiger partial charge in [0, 0.05) is 24.9 Å². The number of rotatable bonds is 3. The summed E-state index contributed by atoms with van der Waals surface area (Å²) in [5.41, 5.74) is 1.12. The van der Waals surface area contributed by atoms with Crippen molar-refractivity contribution in [3.63, 3.8) is 0 Å². The predicted octanol–water partition coefficient (Wildman–Crippen LogP) is 4.96. The molecule has 4 nitrogen and oxygen atoms in total. The second-order valence-electron chi connectivity index (χ2n) is 6.24. The van der Waals surface area contributed by atoms with Crippen LogP contribution in [0.4, 0.5) is 24.5 Å². The summed E-state index contributed by atoms with van der Waals surface area (Å²) in [5, 5.41) is 10.2. The highest BCUT2D eigenvalue weighted by molar-refractivity contribution is 6.32. The van der Waals surface area contributed by atoms with Crippen LogP contribution in [0.25, 0.3) is 0 Å². The number of hydrogen-bond acceptors (Lipinski definition) is 4. The molecule has 1 aliphatic rings. The number of anilines is 1. The Balaban J connectivity index is 2.03. The largest absolute Gasteiger partial charge is 0.506 e. The van der Waals surface area contributed by atoms with Gasteiger partial charge in [-0.1, -0.05) is 11.6 Å². The van der Waals surface area contributed by atoms with E-state index in [0.29, 0.717) is 37.6 Å². The van der Waals surface area contributed by atoms with Gasteiger partial charge >= 0.3 is 6.18 Å². The minimum Gasteiger partial charge on any atom is -0.506 e. The van der Waals surface area contributed by atoms with Crippen molar-refractivity contribution in [1.29, 1.82) is 0 Å². The van der Waals surface area contributed by atoms with Crippen LogP contribution in [0.5, 0.6) is 5.75 Å². The van der Waals surface area contributed by atoms with Crippen molar-refractivity contribution in [2.45, 2.75) is 13.1 Å². The SMILES string of the molecule is Cc1cc(Cl)c(O)c(C=Nc2cc(C(F)(F)F)ccc2N2CCOCC2)c1. The topological polar surface area (TPSA) is 45.1 Å². The third-order valence-corrected chi connectivity index (χ3v) is 4.52. The number of aliphatic imine (C=N–C) groups is 1. The summed E-state index contributed by atoms with van der Waals surface area (Å²) in [5.74, 6) is -0.161. The predicted molar refractivity (Wildman–Crippen MR) is 99.6 cm³/mol. The van der Waals surface area contributed by atoms with Gasteiger partial charge in [-0.15, -0.1) is 0 Å². The van der Waals surface area contributed by atoms with E-state index >= 15 is 0 Å². The van der Waals surface area contributed by atoms with Crippen LogP contribution in [0.15, 0.2) is 35.3 Å². The van der Waals surface area contributed by atoms with Crippen molar-refractivity contribution < 1.29 is 23.0 Å². The van der Waals surface area contributed by atoms with E-state index in [2.05, 4.69) is 4.99 Å². The van der Waals surface area contributed by atoms with Crippen LogP contribution in [0, 0.1) is 6.92 Å². The van der Waals surface area contributed by atoms with E-state index in [1.165, 1.54) is 12.3 Å². The molecule has 1 fully saturated rings. The lowest BCUT2D eigenvalue weighted by Crippen LogP contribution is -2.36. The number of alkyl halides is 3. The van der Waals surface area contributed by atoms with E-state index in [1.54, 1.807) is 19.1 Å². The van der Waals surface area contributed by atoms with Crippen molar-refractivity contribution in [3.05, 3.63) is 52.0 Å². The Labute approximate surface area is 159 Å². The van der Waals surface area contributed by atoms with Crippen molar-refractivity contribution in [2.24, 2.45) is 4.99 Å². The average Bonchev–Trinajstić information content (AvgIpc) is 2.63. The van der Waals surface area contributed by atoms with Crippen LogP contribution < -0.4 is 4.90 Å². The molecule has 27 heavy (non-hydrogen) atoms. The molecule has 3 rings (SSSR count). The normalized spacial score (nSPS) is 15.5. The number of aryl methyl sites for hydroxylation is 1. The zero-order chi connectivity index (χ0) is 19.6. The summed E-state index contributed by atoms with van der Waals surface area (Å²) >= 11 is 5.96. The van der Waals surface area contributed by atoms with Gasteiger partial charge < -0.3 is 14.7 Å². The number of phenols is 1. The zero-order valence-electron chi connectivity index (χ0n) is 14.6. The van der Waals surface area contributed by atoms with Gasteiger partial charge in [0.1, 0.15) is 5.75 Å². The van der Waals surface area contributed by atoms with Gasteiger partial charge in [0.2, 0.25) is 0 Å². The van der Waals surface area contributed by atoms with Crippen LogP contribution in [0.2, 0.25) is 5.02 Å². The fourth-order valence-corrected chi connectivity index (χ4v) is 3.15. The maximum atomic E-state index is 13.1. The number of aromatic hydroxyl groups is 1. The molecule has 0 saturated carbocycles. The zero-order valence-corrected chi connectivity index (χ0v) is 15.3. The fourth-order valence-electron chi connectivity index (χ4n) is 2.87. The lowest BCUT2D eigenvalue weighted by molar-refractivity contribution is -0.137. The van der Waals surface area contributed by atoms with Gasteiger partial charge in [-0.05, 0) is 42.8 Å². The van der Waals surface area contributed by atoms with Crippen LogP contribution in [-0.4, -0.2) is 37.6 Å². The van der Waals surface area contributed by atoms with E-state index in [9.17, 15) is 18.3 Å². The first-order valence-electron chi connectivity index (χ1n) is 8.33. The highest BCUT2D eigenvalue weighted by atomic mass is 35.5. The molecular formula is C19H18ClF3N2O2. The third kappa shape index (κ3) is 4.54. The highest BCUT2D eigenvalue weighted by Crippen LogP contribution is 2.37. The molecule has 144 valence electrons. The molecule has 1 aliphatic heterocycles. The molecule has 2 aromatic carbocycles. The number of morpholine rings is 1. The Bertz CT molecular complexity index is 863. The first kappa shape index (κ1) is 19.5. The highest BCUT2D eigenvalue weighted by Gasteiger charge is 2.31. The molecule has 1 heterocycles. The van der Waals surface area contributed by atoms with Crippen molar-refractivity contribution >= 4 is 29.2 Å². The molecule has 0 atom stereocenters. The lowest BCUT2D eigenvalue weighted by atomic mass is 10.1. The van der Waals surface area contributed by atoms with Crippen LogP contribution >= 0.6 is 11.6 Å². The molecule has 0 spiro atoms. The molecule has 0 aromatic heterocycles. The van der Waals surface area contributed by atoms with Gasteiger partial charge in [-0.2, -0.15) is 13.2 Å². The molecule has 0 aliphatic carbocycles. The van der Waals surface area contributed by atoms with Gasteiger partial charge in [0.15, 0.2) is 0 Å². The Morgan fingerprint density at radius 1 is 1.19 bits per heavy atom. The summed E-state index contributed by atoms with van der Waals surface area (Å²) in [6.45, 7) is 3.92. The second kappa shape index (κ2) is 7.78. The lowest BCUT2D eigenvalue weighted by Gasteiger charge is -2.30. The molecule has 1 N–H and O–H groups in total. The summed E-state index contributed by atoms with van der Waals surface area (Å²) in [6, 6.07) is 6.73. The Hall–Kier alpha value is -2.25. The minimum absolute atomic E-state index is 0.161. The number of halogens is 4. The number of phenolic OH excluding ortho intramolecular Hbond substituents is 1. The number of hydrogen-bond donors (Lipinski definition) is 1. The number of ether oxygens (including phenoxy) is 1. The number of nitrogens with zero attached hydrogens (tertiary/aromatic N) is 2. The van der Waals surface area contributed by atoms with E-state index < -0.39 is 11.7 Å². The van der Waals surface area contributed by atoms with Gasteiger partial charge in [0.25, 0.3) is 0 Å². The average molecular weight is 399 g/mol. The molecule has 0 bridgehead atoms. The van der Waals surface area contributed by atoms with Crippen LogP contribution in [0.1, 0.15) is 16.7 Å².